The molecule has 0 aromatic heterocycles. The van der Waals surface area contributed by atoms with Crippen LogP contribution in [-0.2, 0) is 25.5 Å². The maximum atomic E-state index is 14.7. The molecule has 0 bridgehead atoms. The molecule has 0 N–H and O–H groups in total. The first-order valence-corrected chi connectivity index (χ1v) is 10.9. The van der Waals surface area contributed by atoms with Crippen LogP contribution in [0.3, 0.4) is 0 Å². The van der Waals surface area contributed by atoms with E-state index in [1.54, 1.807) is 18.2 Å². The molecule has 7 heteroatoms. The molecule has 0 fully saturated rings. The van der Waals surface area contributed by atoms with E-state index < -0.39 is 23.7 Å². The lowest BCUT2D eigenvalue weighted by Gasteiger charge is -2.07. The molecule has 3 aromatic rings. The smallest absolute Gasteiger partial charge is 0.343 e. The molecule has 0 spiro atoms. The zero-order valence-corrected chi connectivity index (χ0v) is 19.3. The molecule has 0 radical (unpaired) electrons. The summed E-state index contributed by atoms with van der Waals surface area (Å²) in [6.07, 6.45) is 5.56. The summed E-state index contributed by atoms with van der Waals surface area (Å²) in [5, 5.41) is 0. The SMILES string of the molecule is C=CC(=O)OCCc1ccc(C=COC(=O)c2ccc(-c3ccc(OC(=O)C=C)cc3)c(F)c2)cc1. The minimum absolute atomic E-state index is 0.0573. The summed E-state index contributed by atoms with van der Waals surface area (Å²) in [7, 11) is 0. The predicted octanol–water partition coefficient (Wildman–Crippen LogP) is 5.68. The van der Waals surface area contributed by atoms with Crippen LogP contribution in [0.1, 0.15) is 21.5 Å². The van der Waals surface area contributed by atoms with Crippen molar-refractivity contribution in [1.82, 2.24) is 0 Å². The molecule has 0 saturated heterocycles. The lowest BCUT2D eigenvalue weighted by atomic mass is 10.0. The van der Waals surface area contributed by atoms with E-state index in [2.05, 4.69) is 13.2 Å². The molecule has 0 unspecified atom stereocenters. The molecule has 0 amide bonds. The van der Waals surface area contributed by atoms with E-state index in [-0.39, 0.29) is 17.7 Å². The molecule has 3 aromatic carbocycles. The molecule has 36 heavy (non-hydrogen) atoms. The number of benzene rings is 3. The van der Waals surface area contributed by atoms with Crippen LogP contribution in [0.4, 0.5) is 4.39 Å². The Bertz CT molecular complexity index is 1290. The highest BCUT2D eigenvalue weighted by Crippen LogP contribution is 2.26. The van der Waals surface area contributed by atoms with Crippen molar-refractivity contribution >= 4 is 24.0 Å². The monoisotopic (exact) mass is 486 g/mol. The highest BCUT2D eigenvalue weighted by Gasteiger charge is 2.12. The number of ether oxygens (including phenoxy) is 3. The van der Waals surface area contributed by atoms with Gasteiger partial charge in [-0.2, -0.15) is 0 Å². The Morgan fingerprint density at radius 2 is 1.56 bits per heavy atom. The second-order valence-electron chi connectivity index (χ2n) is 7.42. The Morgan fingerprint density at radius 1 is 0.861 bits per heavy atom. The quantitative estimate of drug-likeness (QED) is 0.159. The normalized spacial score (nSPS) is 10.5. The van der Waals surface area contributed by atoms with Gasteiger partial charge in [0, 0.05) is 24.1 Å². The second-order valence-corrected chi connectivity index (χ2v) is 7.42. The minimum atomic E-state index is -0.705. The number of carbonyl (C=O) groups excluding carboxylic acids is 3. The first-order chi connectivity index (χ1) is 17.4. The van der Waals surface area contributed by atoms with Gasteiger partial charge in [-0.3, -0.25) is 0 Å². The van der Waals surface area contributed by atoms with Crippen LogP contribution in [0.15, 0.2) is 98.3 Å². The third-order valence-corrected chi connectivity index (χ3v) is 4.97. The number of hydrogen-bond acceptors (Lipinski definition) is 6. The van der Waals surface area contributed by atoms with Crippen molar-refractivity contribution in [2.45, 2.75) is 6.42 Å². The van der Waals surface area contributed by atoms with E-state index in [1.165, 1.54) is 30.5 Å². The lowest BCUT2D eigenvalue weighted by molar-refractivity contribution is -0.137. The van der Waals surface area contributed by atoms with Gasteiger partial charge >= 0.3 is 17.9 Å². The van der Waals surface area contributed by atoms with Crippen molar-refractivity contribution in [3.8, 4) is 16.9 Å². The van der Waals surface area contributed by atoms with Crippen LogP contribution in [-0.4, -0.2) is 24.5 Å². The lowest BCUT2D eigenvalue weighted by Crippen LogP contribution is -2.04. The zero-order chi connectivity index (χ0) is 25.9. The van der Waals surface area contributed by atoms with Crippen molar-refractivity contribution in [3.05, 3.63) is 121 Å². The van der Waals surface area contributed by atoms with Crippen molar-refractivity contribution < 1.29 is 33.0 Å². The standard InChI is InChI=1S/C29H23FO6/c1-3-27(31)34-17-15-20-5-7-21(8-6-20)16-18-35-29(33)23-11-14-25(26(30)19-23)22-9-12-24(13-10-22)36-28(32)4-2/h3-14,16,18-19H,1-2,15,17H2. The molecule has 3 rings (SSSR count). The highest BCUT2D eigenvalue weighted by molar-refractivity contribution is 5.91. The molecule has 6 nitrogen and oxygen atoms in total. The Kier molecular flexibility index (Phi) is 9.06. The Labute approximate surface area is 207 Å². The topological polar surface area (TPSA) is 78.9 Å². The van der Waals surface area contributed by atoms with Gasteiger partial charge in [-0.1, -0.05) is 55.6 Å². The number of esters is 3. The highest BCUT2D eigenvalue weighted by atomic mass is 19.1. The molecule has 0 aliphatic heterocycles. The minimum Gasteiger partial charge on any atom is -0.462 e. The van der Waals surface area contributed by atoms with Crippen molar-refractivity contribution in [2.75, 3.05) is 6.61 Å². The van der Waals surface area contributed by atoms with Crippen LogP contribution in [0, 0.1) is 5.82 Å². The van der Waals surface area contributed by atoms with E-state index in [0.717, 1.165) is 29.3 Å². The average molecular weight is 486 g/mol. The van der Waals surface area contributed by atoms with Crippen molar-refractivity contribution in [2.24, 2.45) is 0 Å². The van der Waals surface area contributed by atoms with Gasteiger partial charge in [0.15, 0.2) is 0 Å². The van der Waals surface area contributed by atoms with Crippen LogP contribution in [0.25, 0.3) is 17.2 Å². The summed E-state index contributed by atoms with van der Waals surface area (Å²) in [5.74, 6) is -2.05. The third kappa shape index (κ3) is 7.36. The Morgan fingerprint density at radius 3 is 2.19 bits per heavy atom. The average Bonchev–Trinajstić information content (AvgIpc) is 2.89. The number of hydrogen-bond donors (Lipinski definition) is 0. The maximum absolute atomic E-state index is 14.7. The van der Waals surface area contributed by atoms with Crippen LogP contribution in [0.5, 0.6) is 5.75 Å². The van der Waals surface area contributed by atoms with E-state index in [4.69, 9.17) is 14.2 Å². The van der Waals surface area contributed by atoms with E-state index in [1.807, 2.05) is 24.3 Å². The first-order valence-electron chi connectivity index (χ1n) is 10.9. The van der Waals surface area contributed by atoms with Crippen LogP contribution < -0.4 is 4.74 Å². The number of halogens is 1. The fourth-order valence-corrected chi connectivity index (χ4v) is 3.10. The van der Waals surface area contributed by atoms with Gasteiger partial charge in [0.1, 0.15) is 11.6 Å². The fourth-order valence-electron chi connectivity index (χ4n) is 3.10. The van der Waals surface area contributed by atoms with Gasteiger partial charge in [0.2, 0.25) is 0 Å². The fraction of sp³-hybridized carbons (Fsp3) is 0.0690. The molecule has 0 aliphatic rings. The molecule has 0 heterocycles. The Hall–Kier alpha value is -4.78. The van der Waals surface area contributed by atoms with Gasteiger partial charge in [0.25, 0.3) is 0 Å². The maximum Gasteiger partial charge on any atom is 0.343 e. The zero-order valence-electron chi connectivity index (χ0n) is 19.3. The molecular formula is C29H23FO6. The van der Waals surface area contributed by atoms with Crippen LogP contribution >= 0.6 is 0 Å². The number of rotatable bonds is 10. The summed E-state index contributed by atoms with van der Waals surface area (Å²) in [4.78, 5) is 34.6. The summed E-state index contributed by atoms with van der Waals surface area (Å²) in [6.45, 7) is 6.92. The largest absolute Gasteiger partial charge is 0.462 e. The summed E-state index contributed by atoms with van der Waals surface area (Å²) >= 11 is 0. The second kappa shape index (κ2) is 12.6. The van der Waals surface area contributed by atoms with E-state index in [0.29, 0.717) is 17.7 Å². The first kappa shape index (κ1) is 25.8. The number of carbonyl (C=O) groups is 3. The third-order valence-electron chi connectivity index (χ3n) is 4.97. The summed E-state index contributed by atoms with van der Waals surface area (Å²) < 4.78 is 29.7. The van der Waals surface area contributed by atoms with Crippen molar-refractivity contribution in [1.29, 1.82) is 0 Å². The van der Waals surface area contributed by atoms with Crippen molar-refractivity contribution in [3.63, 3.8) is 0 Å². The van der Waals surface area contributed by atoms with Gasteiger partial charge in [-0.25, -0.2) is 18.8 Å². The van der Waals surface area contributed by atoms with Crippen LogP contribution in [0.2, 0.25) is 0 Å². The van der Waals surface area contributed by atoms with E-state index >= 15 is 0 Å². The summed E-state index contributed by atoms with van der Waals surface area (Å²) in [6, 6.07) is 17.7. The van der Waals surface area contributed by atoms with Gasteiger partial charge in [0.05, 0.1) is 18.4 Å². The molecular weight excluding hydrogens is 463 g/mol. The van der Waals surface area contributed by atoms with E-state index in [9.17, 15) is 18.8 Å². The predicted molar refractivity (Wildman–Crippen MR) is 133 cm³/mol. The molecule has 182 valence electrons. The summed E-state index contributed by atoms with van der Waals surface area (Å²) in [5.41, 5.74) is 2.65. The molecule has 0 atom stereocenters. The Balaban J connectivity index is 1.56. The molecule has 0 saturated carbocycles. The van der Waals surface area contributed by atoms with Gasteiger partial charge in [-0.15, -0.1) is 0 Å². The van der Waals surface area contributed by atoms with Gasteiger partial charge in [-0.05, 0) is 47.0 Å². The van der Waals surface area contributed by atoms with Gasteiger partial charge < -0.3 is 14.2 Å². The molecule has 0 aliphatic carbocycles.